The quantitative estimate of drug-likeness (QED) is 0.589. The van der Waals surface area contributed by atoms with Crippen LogP contribution in [-0.2, 0) is 19.6 Å². The van der Waals surface area contributed by atoms with Crippen molar-refractivity contribution in [1.82, 2.24) is 9.21 Å². The van der Waals surface area contributed by atoms with Gasteiger partial charge in [-0.2, -0.15) is 4.31 Å². The molecule has 0 aliphatic carbocycles. The summed E-state index contributed by atoms with van der Waals surface area (Å²) in [6.45, 7) is 1.55. The lowest BCUT2D eigenvalue weighted by Crippen LogP contribution is -2.52. The molecule has 3 aromatic rings. The van der Waals surface area contributed by atoms with Gasteiger partial charge in [0.1, 0.15) is 4.21 Å². The Kier molecular flexibility index (Phi) is 5.48. The molecule has 2 fully saturated rings. The SMILES string of the molecule is O=C(C1CC(=O)N(c2cccc3ccccc23)C1)N1CCN(S(=O)(=O)c2cccs2)CC1. The number of carbonyl (C=O) groups excluding carboxylic acids is 2. The number of nitrogens with zero attached hydrogens (tertiary/aromatic N) is 3. The van der Waals surface area contributed by atoms with E-state index in [1.54, 1.807) is 27.3 Å². The Morgan fingerprint density at radius 2 is 1.69 bits per heavy atom. The number of amides is 2. The number of fused-ring (bicyclic) bond motifs is 1. The van der Waals surface area contributed by atoms with Crippen LogP contribution in [-0.4, -0.2) is 62.2 Å². The van der Waals surface area contributed by atoms with E-state index in [2.05, 4.69) is 0 Å². The van der Waals surface area contributed by atoms with E-state index < -0.39 is 15.9 Å². The van der Waals surface area contributed by atoms with Crippen molar-refractivity contribution < 1.29 is 18.0 Å². The Bertz CT molecular complexity index is 1260. The van der Waals surface area contributed by atoms with Crippen molar-refractivity contribution in [1.29, 1.82) is 0 Å². The van der Waals surface area contributed by atoms with Crippen molar-refractivity contribution in [3.63, 3.8) is 0 Å². The van der Waals surface area contributed by atoms with E-state index in [0.717, 1.165) is 16.5 Å². The highest BCUT2D eigenvalue weighted by Crippen LogP contribution is 2.32. The van der Waals surface area contributed by atoms with E-state index in [1.807, 2.05) is 42.5 Å². The molecule has 2 amide bonds. The highest BCUT2D eigenvalue weighted by Gasteiger charge is 2.39. The Morgan fingerprint density at radius 1 is 0.938 bits per heavy atom. The summed E-state index contributed by atoms with van der Waals surface area (Å²) in [4.78, 5) is 29.4. The summed E-state index contributed by atoms with van der Waals surface area (Å²) in [7, 11) is -3.51. The summed E-state index contributed by atoms with van der Waals surface area (Å²) in [5, 5.41) is 3.78. The van der Waals surface area contributed by atoms with E-state index in [0.29, 0.717) is 23.8 Å². The standard InChI is InChI=1S/C23H23N3O4S2/c27-21-15-18(16-26(21)20-8-3-6-17-5-1-2-7-19(17)20)23(28)24-10-12-25(13-11-24)32(29,30)22-9-4-14-31-22/h1-9,14,18H,10-13,15-16H2. The van der Waals surface area contributed by atoms with Crippen molar-refractivity contribution in [3.8, 4) is 0 Å². The van der Waals surface area contributed by atoms with E-state index in [4.69, 9.17) is 0 Å². The average molecular weight is 470 g/mol. The van der Waals surface area contributed by atoms with Gasteiger partial charge in [0, 0.05) is 44.5 Å². The molecule has 2 aromatic carbocycles. The van der Waals surface area contributed by atoms with Crippen LogP contribution >= 0.6 is 11.3 Å². The van der Waals surface area contributed by atoms with Gasteiger partial charge in [0.2, 0.25) is 11.8 Å². The highest BCUT2D eigenvalue weighted by atomic mass is 32.2. The Balaban J connectivity index is 1.27. The second kappa shape index (κ2) is 8.31. The van der Waals surface area contributed by atoms with E-state index in [1.165, 1.54) is 15.6 Å². The lowest BCUT2D eigenvalue weighted by Gasteiger charge is -2.35. The predicted molar refractivity (Wildman–Crippen MR) is 124 cm³/mol. The molecule has 0 radical (unpaired) electrons. The molecule has 5 rings (SSSR count). The molecule has 166 valence electrons. The summed E-state index contributed by atoms with van der Waals surface area (Å²) in [5.74, 6) is -0.546. The molecule has 2 aliphatic rings. The first-order valence-corrected chi connectivity index (χ1v) is 12.9. The van der Waals surface area contributed by atoms with Gasteiger partial charge in [-0.1, -0.05) is 42.5 Å². The number of hydrogen-bond acceptors (Lipinski definition) is 5. The van der Waals surface area contributed by atoms with Crippen LogP contribution < -0.4 is 4.90 Å². The largest absolute Gasteiger partial charge is 0.340 e. The molecule has 32 heavy (non-hydrogen) atoms. The van der Waals surface area contributed by atoms with Crippen molar-refractivity contribution >= 4 is 49.6 Å². The van der Waals surface area contributed by atoms with Gasteiger partial charge in [-0.3, -0.25) is 9.59 Å². The fourth-order valence-corrected chi connectivity index (χ4v) is 7.06. The first kappa shape index (κ1) is 21.1. The summed E-state index contributed by atoms with van der Waals surface area (Å²) < 4.78 is 27.2. The minimum atomic E-state index is -3.51. The van der Waals surface area contributed by atoms with Crippen LogP contribution in [0.25, 0.3) is 10.8 Å². The maximum absolute atomic E-state index is 13.2. The molecule has 0 bridgehead atoms. The first-order valence-electron chi connectivity index (χ1n) is 10.6. The molecule has 2 aliphatic heterocycles. The van der Waals surface area contributed by atoms with E-state index >= 15 is 0 Å². The molecule has 9 heteroatoms. The molecule has 0 N–H and O–H groups in total. The Hall–Kier alpha value is -2.75. The zero-order valence-electron chi connectivity index (χ0n) is 17.4. The first-order chi connectivity index (χ1) is 15.4. The van der Waals surface area contributed by atoms with Crippen molar-refractivity contribution in [2.75, 3.05) is 37.6 Å². The maximum Gasteiger partial charge on any atom is 0.252 e. The predicted octanol–water partition coefficient (Wildman–Crippen LogP) is 2.79. The summed E-state index contributed by atoms with van der Waals surface area (Å²) in [5.41, 5.74) is 0.829. The zero-order valence-corrected chi connectivity index (χ0v) is 19.0. The lowest BCUT2D eigenvalue weighted by molar-refractivity contribution is -0.136. The van der Waals surface area contributed by atoms with Gasteiger partial charge in [0.25, 0.3) is 10.0 Å². The number of sulfonamides is 1. The number of thiophene rings is 1. The smallest absolute Gasteiger partial charge is 0.252 e. The maximum atomic E-state index is 13.2. The fourth-order valence-electron chi connectivity index (χ4n) is 4.49. The number of rotatable bonds is 4. The van der Waals surface area contributed by atoms with Crippen LogP contribution in [0, 0.1) is 5.92 Å². The van der Waals surface area contributed by atoms with Crippen LogP contribution in [0.3, 0.4) is 0 Å². The lowest BCUT2D eigenvalue weighted by atomic mass is 10.1. The number of piperazine rings is 1. The van der Waals surface area contributed by atoms with Crippen molar-refractivity contribution in [2.24, 2.45) is 5.92 Å². The molecule has 1 atom stereocenters. The van der Waals surface area contributed by atoms with E-state index in [9.17, 15) is 18.0 Å². The summed E-state index contributed by atoms with van der Waals surface area (Å²) >= 11 is 1.20. The van der Waals surface area contributed by atoms with Gasteiger partial charge < -0.3 is 9.80 Å². The highest BCUT2D eigenvalue weighted by molar-refractivity contribution is 7.91. The van der Waals surface area contributed by atoms with Crippen LogP contribution in [0.2, 0.25) is 0 Å². The summed E-state index contributed by atoms with van der Waals surface area (Å²) in [6, 6.07) is 17.1. The second-order valence-electron chi connectivity index (χ2n) is 8.07. The minimum Gasteiger partial charge on any atom is -0.340 e. The average Bonchev–Trinajstić information content (AvgIpc) is 3.49. The third kappa shape index (κ3) is 3.70. The van der Waals surface area contributed by atoms with Crippen LogP contribution in [0.1, 0.15) is 6.42 Å². The molecule has 3 heterocycles. The van der Waals surface area contributed by atoms with Crippen LogP contribution in [0.5, 0.6) is 0 Å². The third-order valence-corrected chi connectivity index (χ3v) is 9.44. The monoisotopic (exact) mass is 469 g/mol. The van der Waals surface area contributed by atoms with Crippen LogP contribution in [0.15, 0.2) is 64.2 Å². The Morgan fingerprint density at radius 3 is 2.44 bits per heavy atom. The molecule has 7 nitrogen and oxygen atoms in total. The number of hydrogen-bond donors (Lipinski definition) is 0. The molecule has 0 saturated carbocycles. The molecule has 0 spiro atoms. The molecular weight excluding hydrogens is 446 g/mol. The van der Waals surface area contributed by atoms with Gasteiger partial charge in [-0.15, -0.1) is 11.3 Å². The van der Waals surface area contributed by atoms with Gasteiger partial charge in [0.15, 0.2) is 0 Å². The Labute approximate surface area is 190 Å². The summed E-state index contributed by atoms with van der Waals surface area (Å²) in [6.07, 6.45) is 0.176. The molecule has 1 aromatic heterocycles. The van der Waals surface area contributed by atoms with Crippen molar-refractivity contribution in [2.45, 2.75) is 10.6 Å². The van der Waals surface area contributed by atoms with Gasteiger partial charge in [-0.25, -0.2) is 8.42 Å². The molecule has 1 unspecified atom stereocenters. The number of benzene rings is 2. The zero-order chi connectivity index (χ0) is 22.3. The number of carbonyl (C=O) groups is 2. The van der Waals surface area contributed by atoms with Gasteiger partial charge >= 0.3 is 0 Å². The van der Waals surface area contributed by atoms with Crippen LogP contribution in [0.4, 0.5) is 5.69 Å². The minimum absolute atomic E-state index is 0.0568. The molecule has 2 saturated heterocycles. The normalized spacial score (nSPS) is 20.2. The number of anilines is 1. The fraction of sp³-hybridized carbons (Fsp3) is 0.304. The molecular formula is C23H23N3O4S2. The van der Waals surface area contributed by atoms with Crippen molar-refractivity contribution in [3.05, 3.63) is 60.0 Å². The topological polar surface area (TPSA) is 78.0 Å². The van der Waals surface area contributed by atoms with Gasteiger partial charge in [0.05, 0.1) is 11.6 Å². The third-order valence-electron chi connectivity index (χ3n) is 6.17. The van der Waals surface area contributed by atoms with E-state index in [-0.39, 0.29) is 31.3 Å². The van der Waals surface area contributed by atoms with Gasteiger partial charge in [-0.05, 0) is 22.9 Å². The second-order valence-corrected chi connectivity index (χ2v) is 11.2.